The molecule has 0 amide bonds. The quantitative estimate of drug-likeness (QED) is 0.820. The van der Waals surface area contributed by atoms with Crippen molar-refractivity contribution in [1.29, 1.82) is 0 Å². The lowest BCUT2D eigenvalue weighted by Crippen LogP contribution is -2.48. The third-order valence-corrected chi connectivity index (χ3v) is 5.21. The highest BCUT2D eigenvalue weighted by Crippen LogP contribution is 2.23. The maximum Gasteiger partial charge on any atom is 0.243 e. The molecule has 0 spiro atoms. The molecule has 1 saturated heterocycles. The molecule has 1 aliphatic rings. The number of halogens is 2. The van der Waals surface area contributed by atoms with Gasteiger partial charge in [0.15, 0.2) is 11.6 Å². The largest absolute Gasteiger partial charge is 0.399 e. The average molecular weight is 319 g/mol. The number of nitrogens with two attached hydrogens (primary N) is 1. The summed E-state index contributed by atoms with van der Waals surface area (Å²) in [5.41, 5.74) is 5.26. The number of nitrogen functional groups attached to an aromatic ring is 1. The van der Waals surface area contributed by atoms with Gasteiger partial charge in [-0.05, 0) is 38.1 Å². The van der Waals surface area contributed by atoms with Crippen LogP contribution in [-0.2, 0) is 10.0 Å². The number of hydrogen-bond acceptors (Lipinski definition) is 4. The number of rotatable bonds is 3. The van der Waals surface area contributed by atoms with Crippen molar-refractivity contribution in [1.82, 2.24) is 9.62 Å². The van der Waals surface area contributed by atoms with Gasteiger partial charge in [-0.2, -0.15) is 0 Å². The molecule has 1 aromatic rings. The van der Waals surface area contributed by atoms with Crippen LogP contribution >= 0.6 is 0 Å². The number of likely N-dealkylation sites (tertiary alicyclic amines) is 1. The van der Waals surface area contributed by atoms with Crippen LogP contribution in [0, 0.1) is 17.6 Å². The van der Waals surface area contributed by atoms with E-state index in [1.54, 1.807) is 0 Å². The molecular formula is C13H19F2N3O2S. The number of benzene rings is 1. The molecule has 0 bridgehead atoms. The van der Waals surface area contributed by atoms with E-state index in [-0.39, 0.29) is 17.6 Å². The van der Waals surface area contributed by atoms with E-state index in [0.29, 0.717) is 6.42 Å². The van der Waals surface area contributed by atoms with Crippen molar-refractivity contribution >= 4 is 15.7 Å². The fraction of sp³-hybridized carbons (Fsp3) is 0.538. The van der Waals surface area contributed by atoms with Crippen molar-refractivity contribution in [2.75, 3.05) is 25.9 Å². The van der Waals surface area contributed by atoms with Crippen LogP contribution in [0.4, 0.5) is 14.5 Å². The third kappa shape index (κ3) is 3.50. The summed E-state index contributed by atoms with van der Waals surface area (Å²) in [7, 11) is -2.20. The maximum absolute atomic E-state index is 13.7. The number of nitrogens with one attached hydrogen (secondary N) is 1. The van der Waals surface area contributed by atoms with E-state index >= 15 is 0 Å². The minimum absolute atomic E-state index is 0.0764. The van der Waals surface area contributed by atoms with Gasteiger partial charge in [0.05, 0.1) is 0 Å². The first-order valence-corrected chi connectivity index (χ1v) is 8.14. The van der Waals surface area contributed by atoms with E-state index in [1.165, 1.54) is 0 Å². The molecule has 1 heterocycles. The molecule has 8 heteroatoms. The summed E-state index contributed by atoms with van der Waals surface area (Å²) < 4.78 is 54.0. The van der Waals surface area contributed by atoms with Crippen molar-refractivity contribution in [3.63, 3.8) is 0 Å². The molecule has 5 nitrogen and oxygen atoms in total. The highest BCUT2D eigenvalue weighted by atomic mass is 32.2. The van der Waals surface area contributed by atoms with E-state index in [0.717, 1.165) is 25.2 Å². The molecule has 2 rings (SSSR count). The normalized spacial score (nSPS) is 24.2. The van der Waals surface area contributed by atoms with Crippen molar-refractivity contribution in [3.05, 3.63) is 23.8 Å². The van der Waals surface area contributed by atoms with Gasteiger partial charge in [0, 0.05) is 18.3 Å². The lowest BCUT2D eigenvalue weighted by molar-refractivity contribution is 0.188. The molecular weight excluding hydrogens is 300 g/mol. The summed E-state index contributed by atoms with van der Waals surface area (Å²) in [5, 5.41) is 0. The van der Waals surface area contributed by atoms with Crippen molar-refractivity contribution < 1.29 is 17.2 Å². The van der Waals surface area contributed by atoms with Gasteiger partial charge >= 0.3 is 0 Å². The molecule has 2 atom stereocenters. The number of nitrogens with zero attached hydrogens (tertiary/aromatic N) is 1. The van der Waals surface area contributed by atoms with E-state index in [1.807, 2.05) is 14.0 Å². The minimum Gasteiger partial charge on any atom is -0.399 e. The molecule has 2 unspecified atom stereocenters. The zero-order chi connectivity index (χ0) is 15.8. The van der Waals surface area contributed by atoms with Gasteiger partial charge in [-0.3, -0.25) is 0 Å². The Bertz CT molecular complexity index is 637. The average Bonchev–Trinajstić information content (AvgIpc) is 2.37. The molecule has 1 fully saturated rings. The first kappa shape index (κ1) is 16.1. The van der Waals surface area contributed by atoms with Crippen LogP contribution in [-0.4, -0.2) is 39.5 Å². The van der Waals surface area contributed by atoms with E-state index < -0.39 is 26.6 Å². The Balaban J connectivity index is 2.27. The van der Waals surface area contributed by atoms with Crippen molar-refractivity contribution in [3.8, 4) is 0 Å². The Morgan fingerprint density at radius 1 is 1.38 bits per heavy atom. The minimum atomic E-state index is -4.15. The second kappa shape index (κ2) is 5.86. The fourth-order valence-corrected chi connectivity index (χ4v) is 4.07. The first-order chi connectivity index (χ1) is 9.70. The van der Waals surface area contributed by atoms with Gasteiger partial charge in [-0.25, -0.2) is 21.9 Å². The lowest BCUT2D eigenvalue weighted by Gasteiger charge is -2.34. The number of sulfonamides is 1. The Hall–Kier alpha value is -1.25. The standard InChI is InChI=1S/C13H19F2N3O2S/c1-8-7-18(2)4-3-11(8)17-21(19,20)12-6-9(16)5-10(14)13(12)15/h5-6,8,11,17H,3-4,7,16H2,1-2H3. The van der Waals surface area contributed by atoms with Crippen molar-refractivity contribution in [2.45, 2.75) is 24.3 Å². The predicted molar refractivity (Wildman–Crippen MR) is 76.2 cm³/mol. The second-order valence-electron chi connectivity index (χ2n) is 5.57. The lowest BCUT2D eigenvalue weighted by atomic mass is 9.95. The molecule has 3 N–H and O–H groups in total. The van der Waals surface area contributed by atoms with E-state index in [9.17, 15) is 17.2 Å². The van der Waals surface area contributed by atoms with E-state index in [4.69, 9.17) is 5.73 Å². The highest BCUT2D eigenvalue weighted by molar-refractivity contribution is 7.89. The second-order valence-corrected chi connectivity index (χ2v) is 7.25. The van der Waals surface area contributed by atoms with Crippen LogP contribution in [0.2, 0.25) is 0 Å². The van der Waals surface area contributed by atoms with Gasteiger partial charge < -0.3 is 10.6 Å². The zero-order valence-electron chi connectivity index (χ0n) is 11.9. The third-order valence-electron chi connectivity index (χ3n) is 3.72. The first-order valence-electron chi connectivity index (χ1n) is 6.66. The van der Waals surface area contributed by atoms with Crippen LogP contribution in [0.1, 0.15) is 13.3 Å². The number of hydrogen-bond donors (Lipinski definition) is 2. The highest BCUT2D eigenvalue weighted by Gasteiger charge is 2.31. The smallest absolute Gasteiger partial charge is 0.243 e. The van der Waals surface area contributed by atoms with E-state index in [2.05, 4.69) is 9.62 Å². The van der Waals surface area contributed by atoms with Crippen LogP contribution in [0.5, 0.6) is 0 Å². The topological polar surface area (TPSA) is 75.4 Å². The predicted octanol–water partition coefficient (Wildman–Crippen LogP) is 1.17. The summed E-state index contributed by atoms with van der Waals surface area (Å²) in [6, 6.07) is 1.38. The molecule has 0 aliphatic carbocycles. The summed E-state index contributed by atoms with van der Waals surface area (Å²) in [5.74, 6) is -2.60. The van der Waals surface area contributed by atoms with Crippen LogP contribution in [0.15, 0.2) is 17.0 Å². The molecule has 0 aromatic heterocycles. The maximum atomic E-state index is 13.7. The number of piperidine rings is 1. The fourth-order valence-electron chi connectivity index (χ4n) is 2.57. The summed E-state index contributed by atoms with van der Waals surface area (Å²) in [6.07, 6.45) is 0.614. The summed E-state index contributed by atoms with van der Waals surface area (Å²) in [4.78, 5) is 1.35. The molecule has 1 aliphatic heterocycles. The van der Waals surface area contributed by atoms with Gasteiger partial charge in [-0.1, -0.05) is 6.92 Å². The van der Waals surface area contributed by atoms with Gasteiger partial charge in [0.2, 0.25) is 10.0 Å². The Labute approximate surface area is 123 Å². The summed E-state index contributed by atoms with van der Waals surface area (Å²) in [6.45, 7) is 3.39. The molecule has 1 aromatic carbocycles. The molecule has 118 valence electrons. The number of anilines is 1. The SMILES string of the molecule is CC1CN(C)CCC1NS(=O)(=O)c1cc(N)cc(F)c1F. The van der Waals surface area contributed by atoms with Gasteiger partial charge in [0.1, 0.15) is 4.90 Å². The van der Waals surface area contributed by atoms with Gasteiger partial charge in [-0.15, -0.1) is 0 Å². The zero-order valence-corrected chi connectivity index (χ0v) is 12.8. The monoisotopic (exact) mass is 319 g/mol. The Morgan fingerprint density at radius 2 is 2.05 bits per heavy atom. The molecule has 0 saturated carbocycles. The Kier molecular flexibility index (Phi) is 4.50. The van der Waals surface area contributed by atoms with Crippen LogP contribution in [0.25, 0.3) is 0 Å². The van der Waals surface area contributed by atoms with Crippen molar-refractivity contribution in [2.24, 2.45) is 5.92 Å². The van der Waals surface area contributed by atoms with Gasteiger partial charge in [0.25, 0.3) is 0 Å². The molecule has 21 heavy (non-hydrogen) atoms. The van der Waals surface area contributed by atoms with Crippen LogP contribution in [0.3, 0.4) is 0 Å². The Morgan fingerprint density at radius 3 is 2.67 bits per heavy atom. The molecule has 0 radical (unpaired) electrons. The summed E-state index contributed by atoms with van der Waals surface area (Å²) >= 11 is 0. The van der Waals surface area contributed by atoms with Crippen LogP contribution < -0.4 is 10.5 Å².